The Morgan fingerprint density at radius 1 is 1.25 bits per heavy atom. The number of hydrogen-bond acceptors (Lipinski definition) is 3. The predicted molar refractivity (Wildman–Crippen MR) is 68.8 cm³/mol. The molecular weight excluding hydrogens is 200 g/mol. The lowest BCUT2D eigenvalue weighted by atomic mass is 9.97. The average molecular weight is 228 g/mol. The zero-order valence-electron chi connectivity index (χ0n) is 11.3. The quantitative estimate of drug-likeness (QED) is 0.749. The first-order valence-corrected chi connectivity index (χ1v) is 6.59. The largest absolute Gasteiger partial charge is 0.384 e. The molecular formula is C13H28N2O. The van der Waals surface area contributed by atoms with E-state index in [1.807, 2.05) is 7.11 Å². The molecule has 0 radical (unpaired) electrons. The van der Waals surface area contributed by atoms with Crippen molar-refractivity contribution in [2.75, 3.05) is 33.4 Å². The van der Waals surface area contributed by atoms with E-state index in [0.29, 0.717) is 12.1 Å². The number of rotatable bonds is 6. The fourth-order valence-corrected chi connectivity index (χ4v) is 2.33. The molecule has 0 aromatic rings. The molecule has 1 aliphatic heterocycles. The first-order chi connectivity index (χ1) is 7.63. The van der Waals surface area contributed by atoms with Gasteiger partial charge >= 0.3 is 0 Å². The lowest BCUT2D eigenvalue weighted by molar-refractivity contribution is 0.0827. The number of hydrogen-bond donors (Lipinski definition) is 1. The molecule has 1 saturated heterocycles. The maximum Gasteiger partial charge on any atom is 0.0491 e. The number of methoxy groups -OCH3 is 1. The zero-order valence-corrected chi connectivity index (χ0v) is 11.3. The van der Waals surface area contributed by atoms with Crippen LogP contribution < -0.4 is 5.32 Å². The molecule has 3 nitrogen and oxygen atoms in total. The smallest absolute Gasteiger partial charge is 0.0491 e. The average Bonchev–Trinajstić information content (AvgIpc) is 2.27. The fourth-order valence-electron chi connectivity index (χ4n) is 2.33. The topological polar surface area (TPSA) is 24.5 Å². The Labute approximate surface area is 101 Å². The molecule has 1 unspecified atom stereocenters. The minimum Gasteiger partial charge on any atom is -0.384 e. The summed E-state index contributed by atoms with van der Waals surface area (Å²) in [5, 5.41) is 3.51. The van der Waals surface area contributed by atoms with Crippen molar-refractivity contribution in [1.29, 1.82) is 0 Å². The Balaban J connectivity index is 2.19. The fraction of sp³-hybridized carbons (Fsp3) is 1.00. The molecule has 0 aromatic heterocycles. The molecule has 0 saturated carbocycles. The van der Waals surface area contributed by atoms with Gasteiger partial charge in [0.25, 0.3) is 0 Å². The van der Waals surface area contributed by atoms with Crippen LogP contribution in [0.25, 0.3) is 0 Å². The minimum atomic E-state index is 0.591. The molecule has 0 bridgehead atoms. The molecule has 0 spiro atoms. The Morgan fingerprint density at radius 2 is 1.88 bits per heavy atom. The normalized spacial score (nSPS) is 21.6. The van der Waals surface area contributed by atoms with Crippen LogP contribution >= 0.6 is 0 Å². The Bertz CT molecular complexity index is 177. The number of nitrogens with one attached hydrogen (secondary N) is 1. The first kappa shape index (κ1) is 13.9. The van der Waals surface area contributed by atoms with E-state index in [1.165, 1.54) is 25.9 Å². The number of likely N-dealkylation sites (tertiary alicyclic amines) is 1. The van der Waals surface area contributed by atoms with Crippen molar-refractivity contribution in [2.24, 2.45) is 5.92 Å². The first-order valence-electron chi connectivity index (χ1n) is 6.59. The van der Waals surface area contributed by atoms with Crippen LogP contribution in [0.5, 0.6) is 0 Å². The van der Waals surface area contributed by atoms with Gasteiger partial charge in [-0.25, -0.2) is 0 Å². The van der Waals surface area contributed by atoms with Crippen LogP contribution in [0.2, 0.25) is 0 Å². The van der Waals surface area contributed by atoms with E-state index >= 15 is 0 Å². The van der Waals surface area contributed by atoms with Crippen molar-refractivity contribution in [3.63, 3.8) is 0 Å². The van der Waals surface area contributed by atoms with Gasteiger partial charge in [-0.3, -0.25) is 4.90 Å². The van der Waals surface area contributed by atoms with Crippen LogP contribution in [-0.4, -0.2) is 50.3 Å². The summed E-state index contributed by atoms with van der Waals surface area (Å²) in [4.78, 5) is 2.60. The third kappa shape index (κ3) is 4.81. The molecule has 0 aliphatic carbocycles. The van der Waals surface area contributed by atoms with Gasteiger partial charge in [0.05, 0.1) is 0 Å². The highest BCUT2D eigenvalue weighted by Crippen LogP contribution is 2.18. The van der Waals surface area contributed by atoms with Gasteiger partial charge in [0, 0.05) is 32.3 Å². The van der Waals surface area contributed by atoms with Crippen molar-refractivity contribution < 1.29 is 4.74 Å². The molecule has 16 heavy (non-hydrogen) atoms. The van der Waals surface area contributed by atoms with Gasteiger partial charge in [-0.05, 0) is 38.8 Å². The number of piperidine rings is 1. The number of ether oxygens (including phenoxy) is 1. The lowest BCUT2D eigenvalue weighted by Crippen LogP contribution is -2.46. The second-order valence-corrected chi connectivity index (χ2v) is 5.35. The van der Waals surface area contributed by atoms with E-state index in [9.17, 15) is 0 Å². The van der Waals surface area contributed by atoms with Gasteiger partial charge < -0.3 is 10.1 Å². The Hall–Kier alpha value is -0.120. The summed E-state index contributed by atoms with van der Waals surface area (Å²) < 4.78 is 5.23. The highest BCUT2D eigenvalue weighted by Gasteiger charge is 2.22. The highest BCUT2D eigenvalue weighted by molar-refractivity contribution is 4.77. The van der Waals surface area contributed by atoms with E-state index in [1.54, 1.807) is 0 Å². The minimum absolute atomic E-state index is 0.591. The van der Waals surface area contributed by atoms with E-state index in [0.717, 1.165) is 19.1 Å². The van der Waals surface area contributed by atoms with E-state index < -0.39 is 0 Å². The van der Waals surface area contributed by atoms with Gasteiger partial charge in [-0.2, -0.15) is 0 Å². The predicted octanol–water partition coefficient (Wildman–Crippen LogP) is 1.73. The maximum absolute atomic E-state index is 5.23. The van der Waals surface area contributed by atoms with E-state index in [4.69, 9.17) is 4.74 Å². The molecule has 1 heterocycles. The maximum atomic E-state index is 5.23. The van der Waals surface area contributed by atoms with Gasteiger partial charge in [0.15, 0.2) is 0 Å². The summed E-state index contributed by atoms with van der Waals surface area (Å²) in [7, 11) is 1.81. The summed E-state index contributed by atoms with van der Waals surface area (Å²) in [6, 6.07) is 1.25. The van der Waals surface area contributed by atoms with Gasteiger partial charge in [-0.1, -0.05) is 13.8 Å². The van der Waals surface area contributed by atoms with Crippen LogP contribution in [0.4, 0.5) is 0 Å². The van der Waals surface area contributed by atoms with Gasteiger partial charge in [0.2, 0.25) is 0 Å². The molecule has 0 amide bonds. The van der Waals surface area contributed by atoms with Crippen LogP contribution in [0.15, 0.2) is 0 Å². The van der Waals surface area contributed by atoms with Gasteiger partial charge in [-0.15, -0.1) is 0 Å². The molecule has 3 heteroatoms. The van der Waals surface area contributed by atoms with Gasteiger partial charge in [0.1, 0.15) is 0 Å². The Kier molecular flexibility index (Phi) is 6.32. The summed E-state index contributed by atoms with van der Waals surface area (Å²) in [6.07, 6.45) is 2.58. The highest BCUT2D eigenvalue weighted by atomic mass is 16.5. The molecule has 1 N–H and O–H groups in total. The standard InChI is InChI=1S/C13H28N2O/c1-11(2)14-9-12(3)15-7-5-13(6-8-15)10-16-4/h11-14H,5-10H2,1-4H3. The summed E-state index contributed by atoms with van der Waals surface area (Å²) >= 11 is 0. The summed E-state index contributed by atoms with van der Waals surface area (Å²) in [5.41, 5.74) is 0. The Morgan fingerprint density at radius 3 is 2.38 bits per heavy atom. The lowest BCUT2D eigenvalue weighted by Gasteiger charge is -2.36. The van der Waals surface area contributed by atoms with Crippen LogP contribution in [-0.2, 0) is 4.74 Å². The summed E-state index contributed by atoms with van der Waals surface area (Å²) in [6.45, 7) is 11.2. The SMILES string of the molecule is COCC1CCN(C(C)CNC(C)C)CC1. The van der Waals surface area contributed by atoms with E-state index in [2.05, 4.69) is 31.0 Å². The van der Waals surface area contributed by atoms with Crippen molar-refractivity contribution in [1.82, 2.24) is 10.2 Å². The van der Waals surface area contributed by atoms with Crippen molar-refractivity contribution in [3.8, 4) is 0 Å². The third-order valence-electron chi connectivity index (χ3n) is 3.50. The molecule has 1 aliphatic rings. The molecule has 96 valence electrons. The van der Waals surface area contributed by atoms with Crippen molar-refractivity contribution in [3.05, 3.63) is 0 Å². The van der Waals surface area contributed by atoms with Crippen molar-refractivity contribution >= 4 is 0 Å². The zero-order chi connectivity index (χ0) is 12.0. The number of nitrogens with zero attached hydrogens (tertiary/aromatic N) is 1. The summed E-state index contributed by atoms with van der Waals surface area (Å²) in [5.74, 6) is 0.784. The third-order valence-corrected chi connectivity index (χ3v) is 3.50. The monoisotopic (exact) mass is 228 g/mol. The molecule has 1 rings (SSSR count). The van der Waals surface area contributed by atoms with Crippen LogP contribution in [0, 0.1) is 5.92 Å². The molecule has 1 fully saturated rings. The van der Waals surface area contributed by atoms with Crippen LogP contribution in [0.3, 0.4) is 0 Å². The molecule has 1 atom stereocenters. The van der Waals surface area contributed by atoms with Crippen LogP contribution in [0.1, 0.15) is 33.6 Å². The van der Waals surface area contributed by atoms with Crippen molar-refractivity contribution in [2.45, 2.75) is 45.7 Å². The van der Waals surface area contributed by atoms with E-state index in [-0.39, 0.29) is 0 Å². The second-order valence-electron chi connectivity index (χ2n) is 5.35. The molecule has 0 aromatic carbocycles. The second kappa shape index (κ2) is 7.25.